The highest BCUT2D eigenvalue weighted by molar-refractivity contribution is 7.99. The van der Waals surface area contributed by atoms with Crippen molar-refractivity contribution in [3.05, 3.63) is 30.1 Å². The Morgan fingerprint density at radius 3 is 2.55 bits per heavy atom. The first-order valence-corrected chi connectivity index (χ1v) is 12.5. The highest BCUT2D eigenvalue weighted by Crippen LogP contribution is 2.25. The van der Waals surface area contributed by atoms with Crippen LogP contribution in [0.15, 0.2) is 24.3 Å². The largest absolute Gasteiger partial charge is 0.368 e. The van der Waals surface area contributed by atoms with Crippen LogP contribution in [0.5, 0.6) is 0 Å². The number of carbonyl (C=O) groups is 1. The minimum atomic E-state index is -0.469. The molecule has 0 radical (unpaired) electrons. The molecule has 31 heavy (non-hydrogen) atoms. The minimum Gasteiger partial charge on any atom is -0.368 e. The van der Waals surface area contributed by atoms with Crippen molar-refractivity contribution in [3.63, 3.8) is 0 Å². The van der Waals surface area contributed by atoms with Gasteiger partial charge in [-0.1, -0.05) is 26.0 Å². The molecule has 2 aromatic rings. The zero-order chi connectivity index (χ0) is 21.8. The average molecular weight is 443 g/mol. The molecule has 0 saturated carbocycles. The Balaban J connectivity index is 1.47. The molecular weight excluding hydrogens is 408 g/mol. The lowest BCUT2D eigenvalue weighted by molar-refractivity contribution is -0.119. The second-order valence-electron chi connectivity index (χ2n) is 8.93. The number of amides is 1. The van der Waals surface area contributed by atoms with Gasteiger partial charge in [0.1, 0.15) is 17.7 Å². The molecular formula is C23H34N6OS. The molecule has 168 valence electrons. The van der Waals surface area contributed by atoms with Gasteiger partial charge in [-0.05, 0) is 42.4 Å². The van der Waals surface area contributed by atoms with Crippen LogP contribution in [0.4, 0.5) is 5.82 Å². The number of nitrogens with one attached hydrogen (secondary N) is 1. The number of rotatable bonds is 7. The van der Waals surface area contributed by atoms with Gasteiger partial charge in [0.15, 0.2) is 0 Å². The van der Waals surface area contributed by atoms with Crippen molar-refractivity contribution in [1.29, 1.82) is 0 Å². The first kappa shape index (κ1) is 22.3. The summed E-state index contributed by atoms with van der Waals surface area (Å²) in [6, 6.07) is 8.23. The van der Waals surface area contributed by atoms with Crippen molar-refractivity contribution in [2.45, 2.75) is 45.3 Å². The molecule has 3 N–H and O–H groups in total. The summed E-state index contributed by atoms with van der Waals surface area (Å²) in [6.45, 7) is 9.00. The number of thioether (sulfide) groups is 1. The first-order chi connectivity index (χ1) is 15.0. The summed E-state index contributed by atoms with van der Waals surface area (Å²) in [5.41, 5.74) is 6.52. The van der Waals surface area contributed by atoms with Crippen LogP contribution in [0, 0.1) is 5.92 Å². The van der Waals surface area contributed by atoms with E-state index in [2.05, 4.69) is 26.9 Å². The Labute approximate surface area is 189 Å². The fourth-order valence-corrected chi connectivity index (χ4v) is 5.64. The van der Waals surface area contributed by atoms with Gasteiger partial charge in [0, 0.05) is 37.6 Å². The summed E-state index contributed by atoms with van der Waals surface area (Å²) in [6.07, 6.45) is 2.65. The second kappa shape index (κ2) is 10.1. The maximum atomic E-state index is 11.9. The van der Waals surface area contributed by atoms with Gasteiger partial charge < -0.3 is 11.1 Å². The third-order valence-electron chi connectivity index (χ3n) is 6.39. The first-order valence-electron chi connectivity index (χ1n) is 11.4. The predicted molar refractivity (Wildman–Crippen MR) is 128 cm³/mol. The van der Waals surface area contributed by atoms with Gasteiger partial charge in [0.05, 0.1) is 12.1 Å². The van der Waals surface area contributed by atoms with Gasteiger partial charge in [0.2, 0.25) is 5.91 Å². The smallest absolute Gasteiger partial charge is 0.240 e. The molecule has 1 aromatic heterocycles. The maximum absolute atomic E-state index is 11.9. The Hall–Kier alpha value is -1.90. The van der Waals surface area contributed by atoms with Crippen molar-refractivity contribution in [1.82, 2.24) is 19.8 Å². The number of primary amides is 1. The van der Waals surface area contributed by atoms with Gasteiger partial charge in [0.25, 0.3) is 0 Å². The number of hydrogen-bond donors (Lipinski definition) is 2. The molecule has 0 bridgehead atoms. The molecule has 2 saturated heterocycles. The van der Waals surface area contributed by atoms with E-state index in [9.17, 15) is 4.79 Å². The Morgan fingerprint density at radius 2 is 1.87 bits per heavy atom. The number of fused-ring (bicyclic) bond motifs is 1. The number of para-hydroxylation sites is 1. The lowest BCUT2D eigenvalue weighted by Gasteiger charge is -2.40. The number of nitrogens with two attached hydrogens (primary N) is 1. The highest BCUT2D eigenvalue weighted by Gasteiger charge is 2.26. The van der Waals surface area contributed by atoms with E-state index >= 15 is 0 Å². The maximum Gasteiger partial charge on any atom is 0.240 e. The van der Waals surface area contributed by atoms with E-state index in [0.717, 1.165) is 55.5 Å². The summed E-state index contributed by atoms with van der Waals surface area (Å²) in [4.78, 5) is 26.7. The SMILES string of the molecule is CC(C)[C@H](Nc1nc(CN2CCN(C3CCSCC3)CC2)nc2ccccc12)C(N)=O. The molecule has 0 unspecified atom stereocenters. The molecule has 2 aliphatic heterocycles. The molecule has 8 heteroatoms. The van der Waals surface area contributed by atoms with E-state index in [-0.39, 0.29) is 11.8 Å². The molecule has 1 amide bonds. The predicted octanol–water partition coefficient (Wildman–Crippen LogP) is 2.56. The topological polar surface area (TPSA) is 87.4 Å². The van der Waals surface area contributed by atoms with Crippen molar-refractivity contribution < 1.29 is 4.79 Å². The number of hydrogen-bond acceptors (Lipinski definition) is 7. The number of anilines is 1. The van der Waals surface area contributed by atoms with Crippen LogP contribution in [0.3, 0.4) is 0 Å². The summed E-state index contributed by atoms with van der Waals surface area (Å²) in [7, 11) is 0. The average Bonchev–Trinajstić information content (AvgIpc) is 2.78. The van der Waals surface area contributed by atoms with Crippen LogP contribution in [0.25, 0.3) is 10.9 Å². The lowest BCUT2D eigenvalue weighted by atomic mass is 10.0. The van der Waals surface area contributed by atoms with Crippen LogP contribution in [-0.2, 0) is 11.3 Å². The summed E-state index contributed by atoms with van der Waals surface area (Å²) in [5, 5.41) is 4.21. The molecule has 0 spiro atoms. The molecule has 2 aliphatic rings. The third-order valence-corrected chi connectivity index (χ3v) is 7.44. The fraction of sp³-hybridized carbons (Fsp3) is 0.609. The third kappa shape index (κ3) is 5.48. The molecule has 3 heterocycles. The van der Waals surface area contributed by atoms with E-state index < -0.39 is 6.04 Å². The van der Waals surface area contributed by atoms with Crippen LogP contribution in [-0.4, -0.2) is 75.4 Å². The molecule has 0 aliphatic carbocycles. The number of carbonyl (C=O) groups excluding carboxylic acids is 1. The van der Waals surface area contributed by atoms with Crippen LogP contribution in [0.1, 0.15) is 32.5 Å². The molecule has 1 atom stereocenters. The van der Waals surface area contributed by atoms with Crippen LogP contribution >= 0.6 is 11.8 Å². The van der Waals surface area contributed by atoms with Crippen molar-refractivity contribution in [3.8, 4) is 0 Å². The lowest BCUT2D eigenvalue weighted by Crippen LogP contribution is -2.50. The molecule has 2 fully saturated rings. The van der Waals surface area contributed by atoms with Gasteiger partial charge in [-0.3, -0.25) is 14.6 Å². The Kier molecular flexibility index (Phi) is 7.30. The number of nitrogens with zero attached hydrogens (tertiary/aromatic N) is 4. The Bertz CT molecular complexity index is 893. The van der Waals surface area contributed by atoms with E-state index in [1.54, 1.807) is 0 Å². The van der Waals surface area contributed by atoms with Crippen LogP contribution in [0.2, 0.25) is 0 Å². The summed E-state index contributed by atoms with van der Waals surface area (Å²) >= 11 is 2.09. The van der Waals surface area contributed by atoms with Gasteiger partial charge >= 0.3 is 0 Å². The standard InChI is InChI=1S/C23H34N6OS/c1-16(2)21(22(24)30)27-23-18-5-3-4-6-19(18)25-20(26-23)15-28-9-11-29(12-10-28)17-7-13-31-14-8-17/h3-6,16-17,21H,7-15H2,1-2H3,(H2,24,30)(H,25,26,27)/t21-/m0/s1. The van der Waals surface area contributed by atoms with E-state index in [1.807, 2.05) is 38.1 Å². The van der Waals surface area contributed by atoms with E-state index in [0.29, 0.717) is 5.82 Å². The van der Waals surface area contributed by atoms with Crippen LogP contribution < -0.4 is 11.1 Å². The zero-order valence-corrected chi connectivity index (χ0v) is 19.4. The fourth-order valence-electron chi connectivity index (χ4n) is 4.56. The minimum absolute atomic E-state index is 0.0703. The number of benzene rings is 1. The normalized spacial score (nSPS) is 20.2. The van der Waals surface area contributed by atoms with Gasteiger partial charge in [-0.15, -0.1) is 0 Å². The summed E-state index contributed by atoms with van der Waals surface area (Å²) in [5.74, 6) is 3.78. The van der Waals surface area contributed by atoms with E-state index in [1.165, 1.54) is 24.3 Å². The Morgan fingerprint density at radius 1 is 1.16 bits per heavy atom. The highest BCUT2D eigenvalue weighted by atomic mass is 32.2. The molecule has 4 rings (SSSR count). The van der Waals surface area contributed by atoms with Gasteiger partial charge in [-0.2, -0.15) is 11.8 Å². The van der Waals surface area contributed by atoms with Gasteiger partial charge in [-0.25, -0.2) is 9.97 Å². The quantitative estimate of drug-likeness (QED) is 0.681. The molecule has 7 nitrogen and oxygen atoms in total. The molecule has 1 aromatic carbocycles. The van der Waals surface area contributed by atoms with Crippen molar-refractivity contribution >= 4 is 34.4 Å². The number of piperazine rings is 1. The van der Waals surface area contributed by atoms with E-state index in [4.69, 9.17) is 15.7 Å². The summed E-state index contributed by atoms with van der Waals surface area (Å²) < 4.78 is 0. The monoisotopic (exact) mass is 442 g/mol. The second-order valence-corrected chi connectivity index (χ2v) is 10.2. The van der Waals surface area contributed by atoms with Crippen molar-refractivity contribution in [2.24, 2.45) is 11.7 Å². The number of aromatic nitrogens is 2. The zero-order valence-electron chi connectivity index (χ0n) is 18.6. The van der Waals surface area contributed by atoms with Crippen molar-refractivity contribution in [2.75, 3.05) is 43.0 Å².